The highest BCUT2D eigenvalue weighted by Gasteiger charge is 2.24. The standard InChI is InChI=1S/C25H24N6/c1-15-4-8-21(14-27-15)29-17(3)25-23-11-19(7-9-24(23)30-31-25)20-10-22(13-26-12-20)28-16(2)18-5-6-18/h4,7-14,18,28-29H,2-3,5-6H2,1H3,(H,30,31). The zero-order valence-corrected chi connectivity index (χ0v) is 17.4. The summed E-state index contributed by atoms with van der Waals surface area (Å²) in [6.45, 7) is 10.3. The highest BCUT2D eigenvalue weighted by atomic mass is 15.1. The van der Waals surface area contributed by atoms with Crippen LogP contribution in [0.4, 0.5) is 11.4 Å². The molecule has 31 heavy (non-hydrogen) atoms. The van der Waals surface area contributed by atoms with E-state index in [1.54, 1.807) is 6.20 Å². The zero-order valence-electron chi connectivity index (χ0n) is 17.4. The van der Waals surface area contributed by atoms with Gasteiger partial charge in [-0.25, -0.2) is 0 Å². The second-order valence-corrected chi connectivity index (χ2v) is 8.01. The van der Waals surface area contributed by atoms with Crippen LogP contribution in [0.25, 0.3) is 27.7 Å². The normalized spacial score (nSPS) is 13.2. The van der Waals surface area contributed by atoms with E-state index in [2.05, 4.69) is 62.2 Å². The number of hydrogen-bond donors (Lipinski definition) is 3. The maximum absolute atomic E-state index is 4.48. The molecule has 0 bridgehead atoms. The third-order valence-corrected chi connectivity index (χ3v) is 5.50. The van der Waals surface area contributed by atoms with Crippen LogP contribution in [0.3, 0.4) is 0 Å². The van der Waals surface area contributed by atoms with E-state index >= 15 is 0 Å². The summed E-state index contributed by atoms with van der Waals surface area (Å²) >= 11 is 0. The maximum Gasteiger partial charge on any atom is 0.116 e. The maximum atomic E-state index is 4.48. The minimum Gasteiger partial charge on any atom is -0.358 e. The second-order valence-electron chi connectivity index (χ2n) is 8.01. The molecule has 6 heteroatoms. The van der Waals surface area contributed by atoms with E-state index in [0.29, 0.717) is 11.6 Å². The molecule has 0 aliphatic heterocycles. The number of pyridine rings is 2. The molecule has 0 spiro atoms. The lowest BCUT2D eigenvalue weighted by Gasteiger charge is -2.10. The highest BCUT2D eigenvalue weighted by molar-refractivity contribution is 5.95. The third kappa shape index (κ3) is 4.05. The molecule has 154 valence electrons. The van der Waals surface area contributed by atoms with Crippen LogP contribution in [0.15, 0.2) is 73.8 Å². The number of aromatic nitrogens is 4. The van der Waals surface area contributed by atoms with Crippen molar-refractivity contribution in [3.05, 3.63) is 85.2 Å². The van der Waals surface area contributed by atoms with Gasteiger partial charge in [-0.15, -0.1) is 0 Å². The number of nitrogens with zero attached hydrogens (tertiary/aromatic N) is 3. The lowest BCUT2D eigenvalue weighted by atomic mass is 10.0. The quantitative estimate of drug-likeness (QED) is 0.363. The Morgan fingerprint density at radius 2 is 1.84 bits per heavy atom. The van der Waals surface area contributed by atoms with E-state index in [-0.39, 0.29) is 0 Å². The van der Waals surface area contributed by atoms with Crippen molar-refractivity contribution in [3.8, 4) is 11.1 Å². The van der Waals surface area contributed by atoms with Gasteiger partial charge in [0.2, 0.25) is 0 Å². The summed E-state index contributed by atoms with van der Waals surface area (Å²) in [4.78, 5) is 8.74. The van der Waals surface area contributed by atoms with Gasteiger partial charge in [0, 0.05) is 28.5 Å². The Morgan fingerprint density at radius 3 is 2.61 bits per heavy atom. The SMILES string of the molecule is C=C(Nc1ccc(C)nc1)c1n[nH]c2ccc(-c3cncc(NC(=C)C4CC4)c3)cc12. The molecular formula is C25H24N6. The second kappa shape index (κ2) is 7.72. The van der Waals surface area contributed by atoms with Crippen molar-refractivity contribution < 1.29 is 0 Å². The van der Waals surface area contributed by atoms with Crippen molar-refractivity contribution in [3.63, 3.8) is 0 Å². The van der Waals surface area contributed by atoms with Gasteiger partial charge in [0.15, 0.2) is 0 Å². The van der Waals surface area contributed by atoms with Crippen LogP contribution in [0.1, 0.15) is 24.2 Å². The minimum atomic E-state index is 0.593. The molecule has 3 N–H and O–H groups in total. The Bertz CT molecular complexity index is 1280. The van der Waals surface area contributed by atoms with Gasteiger partial charge in [0.1, 0.15) is 5.69 Å². The number of hydrogen-bond acceptors (Lipinski definition) is 5. The molecule has 0 unspecified atom stereocenters. The fraction of sp³-hybridized carbons (Fsp3) is 0.160. The van der Waals surface area contributed by atoms with E-state index in [1.165, 1.54) is 12.8 Å². The van der Waals surface area contributed by atoms with Crippen molar-refractivity contribution in [2.75, 3.05) is 10.6 Å². The molecule has 1 aromatic carbocycles. The first-order chi connectivity index (χ1) is 15.1. The van der Waals surface area contributed by atoms with Gasteiger partial charge in [-0.3, -0.25) is 15.1 Å². The highest BCUT2D eigenvalue weighted by Crippen LogP contribution is 2.36. The number of fused-ring (bicyclic) bond motifs is 1. The molecule has 1 fully saturated rings. The van der Waals surface area contributed by atoms with E-state index in [4.69, 9.17) is 0 Å². The summed E-state index contributed by atoms with van der Waals surface area (Å²) < 4.78 is 0. The van der Waals surface area contributed by atoms with Gasteiger partial charge in [-0.2, -0.15) is 5.10 Å². The Hall–Kier alpha value is -3.93. The molecular weight excluding hydrogens is 384 g/mol. The van der Waals surface area contributed by atoms with Crippen LogP contribution in [-0.4, -0.2) is 20.2 Å². The largest absolute Gasteiger partial charge is 0.358 e. The fourth-order valence-corrected chi connectivity index (χ4v) is 3.58. The molecule has 0 radical (unpaired) electrons. The Morgan fingerprint density at radius 1 is 0.968 bits per heavy atom. The number of aromatic amines is 1. The van der Waals surface area contributed by atoms with Crippen molar-refractivity contribution in [1.29, 1.82) is 0 Å². The molecule has 0 amide bonds. The van der Waals surface area contributed by atoms with Crippen molar-refractivity contribution in [1.82, 2.24) is 20.2 Å². The molecule has 5 rings (SSSR count). The summed E-state index contributed by atoms with van der Waals surface area (Å²) in [5.74, 6) is 0.593. The van der Waals surface area contributed by atoms with Crippen LogP contribution in [-0.2, 0) is 0 Å². The Labute approximate surface area is 181 Å². The molecule has 0 saturated heterocycles. The zero-order chi connectivity index (χ0) is 21.4. The van der Waals surface area contributed by atoms with Gasteiger partial charge in [0.05, 0.1) is 35.0 Å². The number of H-pyrrole nitrogens is 1. The number of anilines is 2. The lowest BCUT2D eigenvalue weighted by Crippen LogP contribution is -2.00. The molecule has 1 saturated carbocycles. The summed E-state index contributed by atoms with van der Waals surface area (Å²) in [7, 11) is 0. The molecule has 1 aliphatic carbocycles. The van der Waals surface area contributed by atoms with Crippen molar-refractivity contribution in [2.45, 2.75) is 19.8 Å². The van der Waals surface area contributed by atoms with Crippen molar-refractivity contribution >= 4 is 28.0 Å². The number of nitrogens with one attached hydrogen (secondary N) is 3. The smallest absolute Gasteiger partial charge is 0.116 e. The average molecular weight is 409 g/mol. The van der Waals surface area contributed by atoms with Crippen LogP contribution in [0, 0.1) is 12.8 Å². The predicted octanol–water partition coefficient (Wildman–Crippen LogP) is 5.75. The van der Waals surface area contributed by atoms with Crippen molar-refractivity contribution in [2.24, 2.45) is 5.92 Å². The third-order valence-electron chi connectivity index (χ3n) is 5.50. The number of allylic oxidation sites excluding steroid dienone is 1. The first-order valence-electron chi connectivity index (χ1n) is 10.3. The van der Waals surface area contributed by atoms with E-state index in [1.807, 2.05) is 37.5 Å². The van der Waals surface area contributed by atoms with Crippen LogP contribution >= 0.6 is 0 Å². The van der Waals surface area contributed by atoms with Crippen LogP contribution in [0.2, 0.25) is 0 Å². The summed E-state index contributed by atoms with van der Waals surface area (Å²) in [6, 6.07) is 12.3. The molecule has 3 heterocycles. The van der Waals surface area contributed by atoms with Gasteiger partial charge < -0.3 is 10.6 Å². The van der Waals surface area contributed by atoms with E-state index < -0.39 is 0 Å². The van der Waals surface area contributed by atoms with E-state index in [0.717, 1.165) is 50.5 Å². The summed E-state index contributed by atoms with van der Waals surface area (Å²) in [5.41, 5.74) is 8.41. The first-order valence-corrected chi connectivity index (χ1v) is 10.3. The number of aryl methyl sites for hydroxylation is 1. The van der Waals surface area contributed by atoms with E-state index in [9.17, 15) is 0 Å². The van der Waals surface area contributed by atoms with Crippen LogP contribution < -0.4 is 10.6 Å². The number of rotatable bonds is 7. The predicted molar refractivity (Wildman–Crippen MR) is 126 cm³/mol. The summed E-state index contributed by atoms with van der Waals surface area (Å²) in [6.07, 6.45) is 7.93. The first kappa shape index (κ1) is 19.1. The fourth-order valence-electron chi connectivity index (χ4n) is 3.58. The molecule has 0 atom stereocenters. The van der Waals surface area contributed by atoms with Crippen LogP contribution in [0.5, 0.6) is 0 Å². The average Bonchev–Trinajstić information content (AvgIpc) is 3.54. The molecule has 4 aromatic rings. The number of benzene rings is 1. The minimum absolute atomic E-state index is 0.593. The van der Waals surface area contributed by atoms with Gasteiger partial charge >= 0.3 is 0 Å². The molecule has 3 aromatic heterocycles. The Balaban J connectivity index is 1.43. The van der Waals surface area contributed by atoms with Gasteiger partial charge in [0.25, 0.3) is 0 Å². The molecule has 6 nitrogen and oxygen atoms in total. The Kier molecular flexibility index (Phi) is 4.75. The monoisotopic (exact) mass is 408 g/mol. The topological polar surface area (TPSA) is 78.5 Å². The lowest BCUT2D eigenvalue weighted by molar-refractivity contribution is 1.02. The molecule has 1 aliphatic rings. The van der Waals surface area contributed by atoms with Gasteiger partial charge in [-0.05, 0) is 61.6 Å². The summed E-state index contributed by atoms with van der Waals surface area (Å²) in [5, 5.41) is 15.3. The van der Waals surface area contributed by atoms with Gasteiger partial charge in [-0.1, -0.05) is 19.2 Å².